The van der Waals surface area contributed by atoms with Crippen LogP contribution in [0.5, 0.6) is 0 Å². The third kappa shape index (κ3) is 7.37. The standard InChI is InChI=1S/C26H49NO5S/c1-13-14-22(4,5)27-18(28)17(24(8,9)25(10,11)19(29)30)15-21(2,3)26(12,20(31)32)16-23(6,7)33/h17,33H,13-16H2,1-12H3,(H,27,28)(H,29,30)(H,31,32). The van der Waals surface area contributed by atoms with Crippen molar-refractivity contribution in [1.82, 2.24) is 5.32 Å². The van der Waals surface area contributed by atoms with E-state index >= 15 is 0 Å². The summed E-state index contributed by atoms with van der Waals surface area (Å²) in [5, 5.41) is 23.4. The fourth-order valence-corrected chi connectivity index (χ4v) is 5.02. The number of nitrogens with one attached hydrogen (secondary N) is 1. The number of hydrogen-bond acceptors (Lipinski definition) is 4. The van der Waals surface area contributed by atoms with Crippen molar-refractivity contribution in [2.24, 2.45) is 27.6 Å². The van der Waals surface area contributed by atoms with Gasteiger partial charge in [0.15, 0.2) is 0 Å². The summed E-state index contributed by atoms with van der Waals surface area (Å²) in [6, 6.07) is 0. The first-order valence-electron chi connectivity index (χ1n) is 11.9. The van der Waals surface area contributed by atoms with Gasteiger partial charge in [0.1, 0.15) is 0 Å². The van der Waals surface area contributed by atoms with E-state index in [4.69, 9.17) is 0 Å². The van der Waals surface area contributed by atoms with Gasteiger partial charge in [-0.2, -0.15) is 12.6 Å². The summed E-state index contributed by atoms with van der Waals surface area (Å²) in [5.41, 5.74) is -4.65. The van der Waals surface area contributed by atoms with Gasteiger partial charge in [-0.05, 0) is 64.7 Å². The minimum atomic E-state index is -1.22. The SMILES string of the molecule is CCCC(C)(C)NC(=O)C(CC(C)(C)C(C)(CC(C)(C)S)C(=O)O)C(C)(C)C(C)(C)C(=O)O. The van der Waals surface area contributed by atoms with E-state index in [1.54, 1.807) is 34.6 Å². The Morgan fingerprint density at radius 3 is 1.64 bits per heavy atom. The molecule has 0 saturated heterocycles. The number of rotatable bonds is 13. The Balaban J connectivity index is 6.64. The van der Waals surface area contributed by atoms with Gasteiger partial charge in [-0.3, -0.25) is 14.4 Å². The first kappa shape index (κ1) is 31.8. The van der Waals surface area contributed by atoms with E-state index in [-0.39, 0.29) is 12.3 Å². The number of hydrogen-bond donors (Lipinski definition) is 4. The minimum absolute atomic E-state index is 0.220. The Bertz CT molecular complexity index is 733. The van der Waals surface area contributed by atoms with Crippen LogP contribution in [0.4, 0.5) is 0 Å². The summed E-state index contributed by atoms with van der Waals surface area (Å²) in [7, 11) is 0. The molecule has 1 amide bonds. The Morgan fingerprint density at radius 2 is 1.30 bits per heavy atom. The fraction of sp³-hybridized carbons (Fsp3) is 0.885. The molecular weight excluding hydrogens is 438 g/mol. The maximum absolute atomic E-state index is 13.7. The third-order valence-corrected chi connectivity index (χ3v) is 8.29. The number of carbonyl (C=O) groups is 3. The van der Waals surface area contributed by atoms with Crippen molar-refractivity contribution in [2.75, 3.05) is 0 Å². The van der Waals surface area contributed by atoms with Gasteiger partial charge in [0.2, 0.25) is 5.91 Å². The van der Waals surface area contributed by atoms with Crippen LogP contribution in [0.3, 0.4) is 0 Å². The second kappa shape index (κ2) is 10.2. The number of thiol groups is 1. The monoisotopic (exact) mass is 487 g/mol. The van der Waals surface area contributed by atoms with Gasteiger partial charge >= 0.3 is 11.9 Å². The zero-order chi connectivity index (χ0) is 26.8. The van der Waals surface area contributed by atoms with Crippen LogP contribution in [-0.2, 0) is 14.4 Å². The van der Waals surface area contributed by atoms with Crippen molar-refractivity contribution in [3.05, 3.63) is 0 Å². The average molecular weight is 488 g/mol. The molecule has 2 unspecified atom stereocenters. The van der Waals surface area contributed by atoms with E-state index in [1.807, 2.05) is 48.5 Å². The number of carboxylic acids is 2. The van der Waals surface area contributed by atoms with Gasteiger partial charge in [-0.1, -0.05) is 54.9 Å². The normalized spacial score (nSPS) is 16.6. The molecule has 0 aliphatic carbocycles. The van der Waals surface area contributed by atoms with Crippen molar-refractivity contribution in [1.29, 1.82) is 0 Å². The van der Waals surface area contributed by atoms with E-state index in [0.717, 1.165) is 12.8 Å². The highest BCUT2D eigenvalue weighted by molar-refractivity contribution is 7.81. The largest absolute Gasteiger partial charge is 0.481 e. The summed E-state index contributed by atoms with van der Waals surface area (Å²) in [6.07, 6.45) is 2.18. The predicted octanol–water partition coefficient (Wildman–Crippen LogP) is 6.04. The molecule has 0 aromatic heterocycles. The van der Waals surface area contributed by atoms with E-state index in [9.17, 15) is 24.6 Å². The zero-order valence-electron chi connectivity index (χ0n) is 23.0. The van der Waals surface area contributed by atoms with Gasteiger partial charge < -0.3 is 15.5 Å². The quantitative estimate of drug-likeness (QED) is 0.237. The molecule has 0 radical (unpaired) electrons. The Kier molecular flexibility index (Phi) is 9.79. The molecule has 7 heteroatoms. The summed E-state index contributed by atoms with van der Waals surface area (Å²) < 4.78 is -0.541. The van der Waals surface area contributed by atoms with Crippen molar-refractivity contribution in [3.8, 4) is 0 Å². The van der Waals surface area contributed by atoms with E-state index in [2.05, 4.69) is 17.9 Å². The molecule has 0 spiro atoms. The minimum Gasteiger partial charge on any atom is -0.481 e. The lowest BCUT2D eigenvalue weighted by molar-refractivity contribution is -0.166. The van der Waals surface area contributed by atoms with Crippen LogP contribution in [0.15, 0.2) is 0 Å². The molecule has 0 aliphatic rings. The Hall–Kier alpha value is -1.24. The molecule has 0 rings (SSSR count). The van der Waals surface area contributed by atoms with E-state index < -0.39 is 49.8 Å². The van der Waals surface area contributed by atoms with E-state index in [0.29, 0.717) is 6.42 Å². The third-order valence-electron chi connectivity index (χ3n) is 8.14. The van der Waals surface area contributed by atoms with Crippen LogP contribution >= 0.6 is 12.6 Å². The second-order valence-electron chi connectivity index (χ2n) is 13.0. The van der Waals surface area contributed by atoms with Gasteiger partial charge in [-0.15, -0.1) is 0 Å². The maximum Gasteiger partial charge on any atom is 0.309 e. The van der Waals surface area contributed by atoms with Crippen LogP contribution in [0, 0.1) is 27.6 Å². The van der Waals surface area contributed by atoms with Crippen LogP contribution in [0.25, 0.3) is 0 Å². The van der Waals surface area contributed by atoms with Crippen molar-refractivity contribution in [3.63, 3.8) is 0 Å². The number of carbonyl (C=O) groups excluding carboxylic acids is 1. The van der Waals surface area contributed by atoms with Gasteiger partial charge in [-0.25, -0.2) is 0 Å². The average Bonchev–Trinajstić information content (AvgIpc) is 2.56. The Labute approximate surface area is 207 Å². The first-order chi connectivity index (χ1) is 14.4. The summed E-state index contributed by atoms with van der Waals surface area (Å²) >= 11 is 4.59. The highest BCUT2D eigenvalue weighted by Gasteiger charge is 2.56. The molecule has 0 bridgehead atoms. The van der Waals surface area contributed by atoms with Crippen molar-refractivity contribution in [2.45, 2.75) is 119 Å². The fourth-order valence-electron chi connectivity index (χ4n) is 4.70. The molecule has 0 heterocycles. The van der Waals surface area contributed by atoms with Gasteiger partial charge in [0.05, 0.1) is 10.8 Å². The molecule has 0 saturated carbocycles. The number of aliphatic carboxylic acids is 2. The number of amides is 1. The highest BCUT2D eigenvalue weighted by Crippen LogP contribution is 2.55. The van der Waals surface area contributed by atoms with Crippen LogP contribution in [-0.4, -0.2) is 38.3 Å². The van der Waals surface area contributed by atoms with Crippen LogP contribution < -0.4 is 5.32 Å². The summed E-state index contributed by atoms with van der Waals surface area (Å²) in [5.74, 6) is -2.90. The van der Waals surface area contributed by atoms with Crippen molar-refractivity contribution >= 4 is 30.5 Å². The van der Waals surface area contributed by atoms with Crippen LogP contribution in [0.1, 0.15) is 109 Å². The van der Waals surface area contributed by atoms with Crippen molar-refractivity contribution < 1.29 is 24.6 Å². The molecule has 6 nitrogen and oxygen atoms in total. The summed E-state index contributed by atoms with van der Waals surface area (Å²) in [4.78, 5) is 38.5. The lowest BCUT2D eigenvalue weighted by atomic mass is 9.53. The molecular formula is C26H49NO5S. The van der Waals surface area contributed by atoms with Crippen LogP contribution in [0.2, 0.25) is 0 Å². The first-order valence-corrected chi connectivity index (χ1v) is 12.3. The molecule has 33 heavy (non-hydrogen) atoms. The molecule has 3 N–H and O–H groups in total. The number of carboxylic acid groups (broad SMARTS) is 2. The molecule has 0 aliphatic heterocycles. The molecule has 2 atom stereocenters. The lowest BCUT2D eigenvalue weighted by Crippen LogP contribution is -2.56. The second-order valence-corrected chi connectivity index (χ2v) is 14.3. The van der Waals surface area contributed by atoms with Gasteiger partial charge in [0.25, 0.3) is 0 Å². The molecule has 0 aromatic carbocycles. The zero-order valence-corrected chi connectivity index (χ0v) is 23.9. The summed E-state index contributed by atoms with van der Waals surface area (Å²) in [6.45, 7) is 22.0. The van der Waals surface area contributed by atoms with Gasteiger partial charge in [0, 0.05) is 16.2 Å². The smallest absolute Gasteiger partial charge is 0.309 e. The molecule has 0 aromatic rings. The lowest BCUT2D eigenvalue weighted by Gasteiger charge is -2.50. The molecule has 0 fully saturated rings. The predicted molar refractivity (Wildman–Crippen MR) is 138 cm³/mol. The Morgan fingerprint density at radius 1 is 0.848 bits per heavy atom. The van der Waals surface area contributed by atoms with E-state index in [1.165, 1.54) is 0 Å². The maximum atomic E-state index is 13.7. The topological polar surface area (TPSA) is 104 Å². The highest BCUT2D eigenvalue weighted by atomic mass is 32.1. The molecule has 194 valence electrons.